The van der Waals surface area contributed by atoms with Crippen molar-refractivity contribution < 1.29 is 30.0 Å². The van der Waals surface area contributed by atoms with Crippen LogP contribution in [0.4, 0.5) is 0 Å². The molecule has 0 saturated carbocycles. The molecule has 0 aromatic heterocycles. The molecule has 4 unspecified atom stereocenters. The average Bonchev–Trinajstić information content (AvgIpc) is 2.58. The summed E-state index contributed by atoms with van der Waals surface area (Å²) in [4.78, 5) is 25.5. The van der Waals surface area contributed by atoms with E-state index >= 15 is 0 Å². The second-order valence-electron chi connectivity index (χ2n) is 9.50. The number of rotatable bonds is 10. The lowest BCUT2D eigenvalue weighted by Gasteiger charge is -2.38. The minimum atomic E-state index is -1.40. The molecular weight excluding hydrogens is 392 g/mol. The fourth-order valence-corrected chi connectivity index (χ4v) is 2.25. The SMILES string of the molecule is CC(O)C(C)(NC(=O)C(C)(C)N=NC(C)(C)C(=O)NC(C)(C(C)O)C(C)O)C(C)O. The molecule has 0 aliphatic heterocycles. The summed E-state index contributed by atoms with van der Waals surface area (Å²) in [5, 5.41) is 53.1. The van der Waals surface area contributed by atoms with Crippen LogP contribution in [0, 0.1) is 0 Å². The van der Waals surface area contributed by atoms with Gasteiger partial charge in [-0.3, -0.25) is 9.59 Å². The van der Waals surface area contributed by atoms with Crippen LogP contribution < -0.4 is 10.6 Å². The second kappa shape index (κ2) is 9.67. The summed E-state index contributed by atoms with van der Waals surface area (Å²) in [6.45, 7) is 14.8. The molecule has 6 N–H and O–H groups in total. The van der Waals surface area contributed by atoms with Gasteiger partial charge >= 0.3 is 0 Å². The van der Waals surface area contributed by atoms with Gasteiger partial charge in [0.2, 0.25) is 11.8 Å². The number of aliphatic hydroxyl groups excluding tert-OH is 4. The highest BCUT2D eigenvalue weighted by atomic mass is 16.3. The van der Waals surface area contributed by atoms with E-state index < -0.39 is 58.4 Å². The lowest BCUT2D eigenvalue weighted by molar-refractivity contribution is -0.133. The molecule has 0 spiro atoms. The number of nitrogens with one attached hydrogen (secondary N) is 2. The second-order valence-corrected chi connectivity index (χ2v) is 9.50. The van der Waals surface area contributed by atoms with Gasteiger partial charge in [-0.1, -0.05) is 0 Å². The van der Waals surface area contributed by atoms with E-state index in [2.05, 4.69) is 20.9 Å². The maximum atomic E-state index is 12.7. The Morgan fingerprint density at radius 1 is 0.600 bits per heavy atom. The summed E-state index contributed by atoms with van der Waals surface area (Å²) >= 11 is 0. The predicted molar refractivity (Wildman–Crippen MR) is 113 cm³/mol. The largest absolute Gasteiger partial charge is 0.391 e. The van der Waals surface area contributed by atoms with E-state index in [1.807, 2.05) is 0 Å². The topological polar surface area (TPSA) is 164 Å². The van der Waals surface area contributed by atoms with Crippen molar-refractivity contribution in [1.82, 2.24) is 10.6 Å². The molecule has 0 bridgehead atoms. The Balaban J connectivity index is 5.57. The standard InChI is InChI=1S/C20H40N4O6/c1-11(25)19(9,12(2)26)21-15(29)17(5,6)23-24-18(7,8)16(30)22-20(10,13(3)27)14(4)28/h11-14,25-28H,1-10H3,(H,21,29)(H,22,30). The summed E-state index contributed by atoms with van der Waals surface area (Å²) in [5.41, 5.74) is -5.40. The molecule has 30 heavy (non-hydrogen) atoms. The van der Waals surface area contributed by atoms with Crippen molar-refractivity contribution in [2.45, 2.75) is 116 Å². The van der Waals surface area contributed by atoms with Crippen molar-refractivity contribution in [1.29, 1.82) is 0 Å². The molecule has 0 fully saturated rings. The van der Waals surface area contributed by atoms with Crippen LogP contribution in [-0.2, 0) is 9.59 Å². The van der Waals surface area contributed by atoms with Crippen molar-refractivity contribution in [3.8, 4) is 0 Å². The summed E-state index contributed by atoms with van der Waals surface area (Å²) in [5.74, 6) is -1.19. The molecule has 176 valence electrons. The summed E-state index contributed by atoms with van der Waals surface area (Å²) < 4.78 is 0. The molecule has 10 nitrogen and oxygen atoms in total. The number of hydrogen-bond acceptors (Lipinski definition) is 8. The highest BCUT2D eigenvalue weighted by molar-refractivity contribution is 5.87. The molecule has 0 aromatic rings. The molecule has 0 heterocycles. The normalized spacial score (nSPS) is 21.1. The zero-order chi connectivity index (χ0) is 24.3. The number of hydrogen-bond donors (Lipinski definition) is 6. The lowest BCUT2D eigenvalue weighted by Crippen LogP contribution is -2.63. The fourth-order valence-electron chi connectivity index (χ4n) is 2.25. The van der Waals surface area contributed by atoms with Gasteiger partial charge in [-0.15, -0.1) is 0 Å². The monoisotopic (exact) mass is 432 g/mol. The minimum Gasteiger partial charge on any atom is -0.391 e. The van der Waals surface area contributed by atoms with Crippen LogP contribution in [0.1, 0.15) is 69.2 Å². The Kier molecular flexibility index (Phi) is 9.15. The maximum absolute atomic E-state index is 12.7. The van der Waals surface area contributed by atoms with E-state index in [1.165, 1.54) is 69.2 Å². The molecule has 0 aliphatic rings. The Labute approximate surface area is 179 Å². The first kappa shape index (κ1) is 28.4. The number of aliphatic hydroxyl groups is 4. The van der Waals surface area contributed by atoms with Crippen molar-refractivity contribution in [2.75, 3.05) is 0 Å². The van der Waals surface area contributed by atoms with Crippen LogP contribution in [0.5, 0.6) is 0 Å². The molecule has 0 rings (SSSR count). The summed E-state index contributed by atoms with van der Waals surface area (Å²) in [7, 11) is 0. The van der Waals surface area contributed by atoms with Gasteiger partial charge in [0.1, 0.15) is 0 Å². The Morgan fingerprint density at radius 2 is 0.800 bits per heavy atom. The van der Waals surface area contributed by atoms with Gasteiger partial charge in [0.05, 0.1) is 35.5 Å². The summed E-state index contributed by atoms with van der Waals surface area (Å²) in [6, 6.07) is 0. The Hall–Kier alpha value is -1.62. The highest BCUT2D eigenvalue weighted by Gasteiger charge is 2.43. The van der Waals surface area contributed by atoms with Crippen LogP contribution in [-0.4, -0.2) is 78.8 Å². The molecule has 4 atom stereocenters. The highest BCUT2D eigenvalue weighted by Crippen LogP contribution is 2.22. The molecule has 2 amide bonds. The molecule has 0 aromatic carbocycles. The number of amides is 2. The van der Waals surface area contributed by atoms with Crippen molar-refractivity contribution >= 4 is 11.8 Å². The first-order valence-electron chi connectivity index (χ1n) is 10.1. The van der Waals surface area contributed by atoms with Gasteiger partial charge in [-0.05, 0) is 69.2 Å². The molecule has 0 saturated heterocycles. The Morgan fingerprint density at radius 3 is 0.967 bits per heavy atom. The Bertz CT molecular complexity index is 571. The van der Waals surface area contributed by atoms with Gasteiger partial charge in [0.15, 0.2) is 11.1 Å². The minimum absolute atomic E-state index is 0.593. The molecular formula is C20H40N4O6. The van der Waals surface area contributed by atoms with Crippen molar-refractivity contribution in [2.24, 2.45) is 10.2 Å². The average molecular weight is 433 g/mol. The molecule has 0 radical (unpaired) electrons. The van der Waals surface area contributed by atoms with Gasteiger partial charge in [0.25, 0.3) is 0 Å². The van der Waals surface area contributed by atoms with Crippen LogP contribution in [0.2, 0.25) is 0 Å². The maximum Gasteiger partial charge on any atom is 0.249 e. The van der Waals surface area contributed by atoms with E-state index in [1.54, 1.807) is 0 Å². The quantitative estimate of drug-likeness (QED) is 0.271. The van der Waals surface area contributed by atoms with Crippen molar-refractivity contribution in [3.63, 3.8) is 0 Å². The summed E-state index contributed by atoms with van der Waals surface area (Å²) in [6.07, 6.45) is -4.13. The third-order valence-electron chi connectivity index (χ3n) is 5.90. The van der Waals surface area contributed by atoms with Gasteiger partial charge in [0, 0.05) is 0 Å². The zero-order valence-corrected chi connectivity index (χ0v) is 19.8. The predicted octanol–water partition coefficient (Wildman–Crippen LogP) is 0.269. The lowest BCUT2D eigenvalue weighted by atomic mass is 9.88. The first-order valence-corrected chi connectivity index (χ1v) is 10.1. The van der Waals surface area contributed by atoms with Gasteiger partial charge in [-0.25, -0.2) is 0 Å². The smallest absolute Gasteiger partial charge is 0.249 e. The third-order valence-corrected chi connectivity index (χ3v) is 5.90. The van der Waals surface area contributed by atoms with E-state index in [0.717, 1.165) is 0 Å². The first-order chi connectivity index (χ1) is 13.2. The van der Waals surface area contributed by atoms with Crippen LogP contribution in [0.3, 0.4) is 0 Å². The number of azo groups is 1. The molecule has 10 heteroatoms. The van der Waals surface area contributed by atoms with Gasteiger partial charge < -0.3 is 31.1 Å². The number of carbonyl (C=O) groups is 2. The van der Waals surface area contributed by atoms with E-state index in [9.17, 15) is 30.0 Å². The third kappa shape index (κ3) is 6.44. The zero-order valence-electron chi connectivity index (χ0n) is 19.8. The van der Waals surface area contributed by atoms with Crippen LogP contribution >= 0.6 is 0 Å². The van der Waals surface area contributed by atoms with Crippen LogP contribution in [0.15, 0.2) is 10.2 Å². The molecule has 0 aliphatic carbocycles. The number of nitrogens with zero attached hydrogens (tertiary/aromatic N) is 2. The van der Waals surface area contributed by atoms with Gasteiger partial charge in [-0.2, -0.15) is 10.2 Å². The number of carbonyl (C=O) groups excluding carboxylic acids is 2. The van der Waals surface area contributed by atoms with E-state index in [0.29, 0.717) is 0 Å². The van der Waals surface area contributed by atoms with Crippen LogP contribution in [0.25, 0.3) is 0 Å². The van der Waals surface area contributed by atoms with Crippen molar-refractivity contribution in [3.05, 3.63) is 0 Å². The fraction of sp³-hybridized carbons (Fsp3) is 0.900. The van der Waals surface area contributed by atoms with E-state index in [4.69, 9.17) is 0 Å². The van der Waals surface area contributed by atoms with E-state index in [-0.39, 0.29) is 0 Å².